The van der Waals surface area contributed by atoms with Crippen molar-refractivity contribution in [2.75, 3.05) is 12.3 Å². The molecule has 0 spiro atoms. The van der Waals surface area contributed by atoms with Crippen molar-refractivity contribution in [1.29, 1.82) is 0 Å². The lowest BCUT2D eigenvalue weighted by molar-refractivity contribution is -0.274. The summed E-state index contributed by atoms with van der Waals surface area (Å²) in [6.45, 7) is 1.51. The number of nitrogens with one attached hydrogen (secondary N) is 1. The van der Waals surface area contributed by atoms with E-state index in [1.165, 1.54) is 6.92 Å². The first kappa shape index (κ1) is 15.1. The van der Waals surface area contributed by atoms with E-state index in [2.05, 4.69) is 10.1 Å². The fraction of sp³-hybridized carbons (Fsp3) is 0.364. The van der Waals surface area contributed by atoms with Gasteiger partial charge in [0.25, 0.3) is 5.91 Å². The van der Waals surface area contributed by atoms with E-state index in [0.29, 0.717) is 0 Å². The largest absolute Gasteiger partial charge is 0.573 e. The monoisotopic (exact) mass is 278 g/mol. The summed E-state index contributed by atoms with van der Waals surface area (Å²) in [5, 5.41) is 11.4. The van der Waals surface area contributed by atoms with Crippen LogP contribution in [0.2, 0.25) is 0 Å². The van der Waals surface area contributed by atoms with Crippen molar-refractivity contribution in [3.05, 3.63) is 23.8 Å². The quantitative estimate of drug-likeness (QED) is 0.724. The Morgan fingerprint density at radius 3 is 2.63 bits per heavy atom. The van der Waals surface area contributed by atoms with Crippen LogP contribution in [0.3, 0.4) is 0 Å². The third-order valence-electron chi connectivity index (χ3n) is 2.06. The van der Waals surface area contributed by atoms with E-state index >= 15 is 0 Å². The normalized spacial score (nSPS) is 12.9. The van der Waals surface area contributed by atoms with Crippen molar-refractivity contribution >= 4 is 11.6 Å². The van der Waals surface area contributed by atoms with Crippen LogP contribution >= 0.6 is 0 Å². The molecule has 8 heteroatoms. The third kappa shape index (κ3) is 5.04. The van der Waals surface area contributed by atoms with Gasteiger partial charge in [0.05, 0.1) is 11.8 Å². The molecule has 1 unspecified atom stereocenters. The highest BCUT2D eigenvalue weighted by Gasteiger charge is 2.32. The first-order valence-corrected chi connectivity index (χ1v) is 5.30. The molecule has 0 aliphatic rings. The van der Waals surface area contributed by atoms with Crippen molar-refractivity contribution in [3.8, 4) is 5.75 Å². The van der Waals surface area contributed by atoms with Gasteiger partial charge in [0.15, 0.2) is 5.75 Å². The molecular formula is C11H13F3N2O3. The maximum atomic E-state index is 12.0. The Morgan fingerprint density at radius 1 is 1.53 bits per heavy atom. The van der Waals surface area contributed by atoms with Gasteiger partial charge in [0.1, 0.15) is 0 Å². The average Bonchev–Trinajstić information content (AvgIpc) is 2.27. The fourth-order valence-corrected chi connectivity index (χ4v) is 1.25. The number of aliphatic hydroxyl groups is 1. The van der Waals surface area contributed by atoms with E-state index in [-0.39, 0.29) is 17.8 Å². The Bertz CT molecular complexity index is 461. The van der Waals surface area contributed by atoms with Crippen LogP contribution in [-0.4, -0.2) is 30.0 Å². The van der Waals surface area contributed by atoms with Gasteiger partial charge >= 0.3 is 6.36 Å². The molecule has 0 bridgehead atoms. The second-order valence-electron chi connectivity index (χ2n) is 3.86. The molecule has 0 aromatic heterocycles. The number of nitrogen functional groups attached to an aromatic ring is 1. The molecule has 106 valence electrons. The predicted octanol–water partition coefficient (Wildman–Crippen LogP) is 1.28. The fourth-order valence-electron chi connectivity index (χ4n) is 1.25. The number of benzene rings is 1. The molecule has 1 amide bonds. The summed E-state index contributed by atoms with van der Waals surface area (Å²) in [7, 11) is 0. The van der Waals surface area contributed by atoms with E-state index in [0.717, 1.165) is 18.2 Å². The van der Waals surface area contributed by atoms with Gasteiger partial charge in [0.2, 0.25) is 0 Å². The standard InChI is InChI=1S/C11H13F3N2O3/c1-6(17)5-16-10(18)7-2-3-9(8(15)4-7)19-11(12,13)14/h2-4,6,17H,5,15H2,1H3,(H,16,18). The molecule has 0 saturated heterocycles. The van der Waals surface area contributed by atoms with Gasteiger partial charge < -0.3 is 20.9 Å². The number of hydrogen-bond donors (Lipinski definition) is 3. The van der Waals surface area contributed by atoms with E-state index in [1.54, 1.807) is 0 Å². The zero-order chi connectivity index (χ0) is 14.6. The highest BCUT2D eigenvalue weighted by atomic mass is 19.4. The Hall–Kier alpha value is -1.96. The summed E-state index contributed by atoms with van der Waals surface area (Å²) < 4.78 is 39.7. The van der Waals surface area contributed by atoms with Crippen LogP contribution in [-0.2, 0) is 0 Å². The van der Waals surface area contributed by atoms with Gasteiger partial charge in [-0.3, -0.25) is 4.79 Å². The molecule has 4 N–H and O–H groups in total. The maximum absolute atomic E-state index is 12.0. The summed E-state index contributed by atoms with van der Waals surface area (Å²) in [5.74, 6) is -1.12. The van der Waals surface area contributed by atoms with Crippen molar-refractivity contribution in [2.24, 2.45) is 0 Å². The molecule has 0 radical (unpaired) electrons. The van der Waals surface area contributed by atoms with Crippen LogP contribution < -0.4 is 15.8 Å². The van der Waals surface area contributed by atoms with Gasteiger partial charge in [-0.05, 0) is 25.1 Å². The van der Waals surface area contributed by atoms with Crippen molar-refractivity contribution in [3.63, 3.8) is 0 Å². The summed E-state index contributed by atoms with van der Waals surface area (Å²) >= 11 is 0. The molecule has 19 heavy (non-hydrogen) atoms. The third-order valence-corrected chi connectivity index (χ3v) is 2.06. The number of nitrogens with two attached hydrogens (primary N) is 1. The average molecular weight is 278 g/mol. The van der Waals surface area contributed by atoms with Crippen LogP contribution in [0.25, 0.3) is 0 Å². The number of aliphatic hydroxyl groups excluding tert-OH is 1. The zero-order valence-electron chi connectivity index (χ0n) is 9.99. The number of ether oxygens (including phenoxy) is 1. The summed E-state index contributed by atoms with van der Waals surface area (Å²) in [4.78, 5) is 11.6. The molecule has 1 aromatic rings. The van der Waals surface area contributed by atoms with E-state index in [4.69, 9.17) is 10.8 Å². The Balaban J connectivity index is 2.79. The highest BCUT2D eigenvalue weighted by molar-refractivity contribution is 5.95. The van der Waals surface area contributed by atoms with E-state index in [1.807, 2.05) is 0 Å². The van der Waals surface area contributed by atoms with Gasteiger partial charge in [-0.1, -0.05) is 0 Å². The van der Waals surface area contributed by atoms with Gasteiger partial charge in [-0.15, -0.1) is 13.2 Å². The van der Waals surface area contributed by atoms with Crippen LogP contribution in [0, 0.1) is 0 Å². The van der Waals surface area contributed by atoms with E-state index in [9.17, 15) is 18.0 Å². The smallest absolute Gasteiger partial charge is 0.404 e. The number of halogens is 3. The first-order chi connectivity index (χ1) is 8.69. The number of carbonyl (C=O) groups excluding carboxylic acids is 1. The summed E-state index contributed by atoms with van der Waals surface area (Å²) in [6, 6.07) is 3.17. The van der Waals surface area contributed by atoms with Crippen LogP contribution in [0.1, 0.15) is 17.3 Å². The summed E-state index contributed by atoms with van der Waals surface area (Å²) in [5.41, 5.74) is 5.14. The number of anilines is 1. The number of rotatable bonds is 4. The van der Waals surface area contributed by atoms with E-state index < -0.39 is 24.1 Å². The van der Waals surface area contributed by atoms with Crippen LogP contribution in [0.15, 0.2) is 18.2 Å². The SMILES string of the molecule is CC(O)CNC(=O)c1ccc(OC(F)(F)F)c(N)c1. The minimum absolute atomic E-state index is 0.0273. The Kier molecular flexibility index (Phi) is 4.60. The molecule has 0 fully saturated rings. The number of alkyl halides is 3. The molecule has 5 nitrogen and oxygen atoms in total. The van der Waals surface area contributed by atoms with Gasteiger partial charge in [-0.25, -0.2) is 0 Å². The molecule has 0 heterocycles. The summed E-state index contributed by atoms with van der Waals surface area (Å²) in [6.07, 6.45) is -5.57. The second kappa shape index (κ2) is 5.79. The minimum Gasteiger partial charge on any atom is -0.404 e. The molecule has 1 rings (SSSR count). The lowest BCUT2D eigenvalue weighted by atomic mass is 10.1. The topological polar surface area (TPSA) is 84.6 Å². The number of amides is 1. The first-order valence-electron chi connectivity index (χ1n) is 5.30. The predicted molar refractivity (Wildman–Crippen MR) is 61.6 cm³/mol. The highest BCUT2D eigenvalue weighted by Crippen LogP contribution is 2.28. The maximum Gasteiger partial charge on any atom is 0.573 e. The Labute approximate surface area is 107 Å². The Morgan fingerprint density at radius 2 is 2.16 bits per heavy atom. The lowest BCUT2D eigenvalue weighted by Crippen LogP contribution is -2.30. The number of hydrogen-bond acceptors (Lipinski definition) is 4. The zero-order valence-corrected chi connectivity index (χ0v) is 9.99. The minimum atomic E-state index is -4.84. The molecule has 0 saturated carbocycles. The molecular weight excluding hydrogens is 265 g/mol. The van der Waals surface area contributed by atoms with Crippen molar-refractivity contribution in [2.45, 2.75) is 19.4 Å². The molecule has 0 aliphatic carbocycles. The molecule has 1 aromatic carbocycles. The van der Waals surface area contributed by atoms with Gasteiger partial charge in [0, 0.05) is 12.1 Å². The molecule has 1 atom stereocenters. The molecule has 0 aliphatic heterocycles. The van der Waals surface area contributed by atoms with Crippen molar-refractivity contribution < 1.29 is 27.8 Å². The van der Waals surface area contributed by atoms with Crippen LogP contribution in [0.4, 0.5) is 18.9 Å². The van der Waals surface area contributed by atoms with Crippen molar-refractivity contribution in [1.82, 2.24) is 5.32 Å². The number of carbonyl (C=O) groups is 1. The van der Waals surface area contributed by atoms with Gasteiger partial charge in [-0.2, -0.15) is 0 Å². The van der Waals surface area contributed by atoms with Crippen LogP contribution in [0.5, 0.6) is 5.75 Å². The second-order valence-corrected chi connectivity index (χ2v) is 3.86. The lowest BCUT2D eigenvalue weighted by Gasteiger charge is -2.12.